The van der Waals surface area contributed by atoms with E-state index in [1.165, 1.54) is 23.7 Å². The minimum absolute atomic E-state index is 0.210. The first-order valence-corrected chi connectivity index (χ1v) is 13.2. The van der Waals surface area contributed by atoms with E-state index in [2.05, 4.69) is 29.2 Å². The molecule has 0 aliphatic carbocycles. The van der Waals surface area contributed by atoms with E-state index in [-0.39, 0.29) is 6.61 Å². The van der Waals surface area contributed by atoms with Gasteiger partial charge in [-0.05, 0) is 17.3 Å². The van der Waals surface area contributed by atoms with Crippen LogP contribution in [0.1, 0.15) is 25.7 Å². The highest BCUT2D eigenvalue weighted by atomic mass is 127. The van der Waals surface area contributed by atoms with E-state index in [0.717, 1.165) is 19.1 Å². The van der Waals surface area contributed by atoms with E-state index in [4.69, 9.17) is 37.9 Å². The average Bonchev–Trinajstić information content (AvgIpc) is 2.83. The van der Waals surface area contributed by atoms with Crippen LogP contribution >= 0.6 is 22.6 Å². The van der Waals surface area contributed by atoms with Crippen molar-refractivity contribution in [2.75, 3.05) is 104 Å². The molecule has 0 aliphatic rings. The number of carbonyl (C=O) groups excluding carboxylic acids is 1. The average molecular weight is 590 g/mol. The van der Waals surface area contributed by atoms with Gasteiger partial charge in [0.1, 0.15) is 6.61 Å². The fourth-order valence-corrected chi connectivity index (χ4v) is 2.87. The number of rotatable bonds is 28. The highest BCUT2D eigenvalue weighted by Gasteiger charge is 1.96. The molecule has 9 nitrogen and oxygen atoms in total. The Balaban J connectivity index is 3.02. The van der Waals surface area contributed by atoms with Crippen LogP contribution in [0.25, 0.3) is 0 Å². The maximum Gasteiger partial charge on any atom is 0.330 e. The number of hydrogen-bond donors (Lipinski definition) is 0. The Bertz CT molecular complexity index is 413. The molecule has 10 heteroatoms. The van der Waals surface area contributed by atoms with Crippen molar-refractivity contribution in [1.29, 1.82) is 0 Å². The van der Waals surface area contributed by atoms with Crippen LogP contribution in [-0.2, 0) is 42.7 Å². The Morgan fingerprint density at radius 1 is 0.515 bits per heavy atom. The highest BCUT2D eigenvalue weighted by molar-refractivity contribution is 14.1. The Hall–Kier alpha value is -0.340. The molecule has 0 rings (SSSR count). The van der Waals surface area contributed by atoms with Gasteiger partial charge >= 0.3 is 5.97 Å². The van der Waals surface area contributed by atoms with Crippen molar-refractivity contribution in [3.63, 3.8) is 0 Å². The third-order valence-electron chi connectivity index (χ3n) is 4.04. The molecule has 196 valence electrons. The number of ether oxygens (including phenoxy) is 8. The van der Waals surface area contributed by atoms with Crippen LogP contribution in [0.2, 0.25) is 0 Å². The lowest BCUT2D eigenvalue weighted by Gasteiger charge is -2.08. The van der Waals surface area contributed by atoms with E-state index >= 15 is 0 Å². The van der Waals surface area contributed by atoms with Crippen LogP contribution in [-0.4, -0.2) is 110 Å². The van der Waals surface area contributed by atoms with Crippen molar-refractivity contribution < 1.29 is 42.7 Å². The van der Waals surface area contributed by atoms with Gasteiger partial charge in [0.15, 0.2) is 0 Å². The Kier molecular flexibility index (Phi) is 29.4. The lowest BCUT2D eigenvalue weighted by Crippen LogP contribution is -2.15. The van der Waals surface area contributed by atoms with Gasteiger partial charge in [-0.3, -0.25) is 0 Å². The molecule has 0 spiro atoms. The zero-order chi connectivity index (χ0) is 24.1. The predicted octanol–water partition coefficient (Wildman–Crippen LogP) is 2.83. The molecule has 0 atom stereocenters. The maximum atomic E-state index is 10.8. The molecule has 0 aliphatic heterocycles. The van der Waals surface area contributed by atoms with Crippen LogP contribution in [0.4, 0.5) is 0 Å². The van der Waals surface area contributed by atoms with Crippen LogP contribution in [0.15, 0.2) is 12.7 Å². The Labute approximate surface area is 212 Å². The van der Waals surface area contributed by atoms with E-state index in [1.807, 2.05) is 0 Å². The fourth-order valence-electron chi connectivity index (χ4n) is 2.33. The fraction of sp³-hybridized carbons (Fsp3) is 0.870. The van der Waals surface area contributed by atoms with Gasteiger partial charge in [0.2, 0.25) is 0 Å². The molecule has 0 aromatic rings. The number of carbonyl (C=O) groups is 1. The monoisotopic (exact) mass is 590 g/mol. The number of alkyl halides is 1. The first-order valence-electron chi connectivity index (χ1n) is 11.7. The summed E-state index contributed by atoms with van der Waals surface area (Å²) in [6.07, 6.45) is 6.10. The summed E-state index contributed by atoms with van der Waals surface area (Å²) in [7, 11) is 0. The summed E-state index contributed by atoms with van der Waals surface area (Å²) in [4.78, 5) is 10.8. The lowest BCUT2D eigenvalue weighted by atomic mass is 10.2. The highest BCUT2D eigenvalue weighted by Crippen LogP contribution is 2.02. The summed E-state index contributed by atoms with van der Waals surface area (Å²) in [6.45, 7) is 11.0. The second-order valence-corrected chi connectivity index (χ2v) is 7.84. The molecule has 0 fully saturated rings. The molecule has 0 bridgehead atoms. The molecule has 0 N–H and O–H groups in total. The number of unbranched alkanes of at least 4 members (excludes halogenated alkanes) is 3. The first-order chi connectivity index (χ1) is 16.3. The predicted molar refractivity (Wildman–Crippen MR) is 134 cm³/mol. The standard InChI is InChI=1S/C23H43IO9/c1-2-23(25)33-22-21-32-20-19-31-18-17-30-16-15-29-14-13-28-12-11-27-10-9-26-8-6-4-3-5-7-24/h2H,1,3-22H2. The van der Waals surface area contributed by atoms with Crippen molar-refractivity contribution in [1.82, 2.24) is 0 Å². The molecule has 0 saturated carbocycles. The van der Waals surface area contributed by atoms with Crippen molar-refractivity contribution in [2.45, 2.75) is 25.7 Å². The Morgan fingerprint density at radius 3 is 1.21 bits per heavy atom. The van der Waals surface area contributed by atoms with Crippen molar-refractivity contribution in [3.8, 4) is 0 Å². The summed E-state index contributed by atoms with van der Waals surface area (Å²) >= 11 is 2.41. The van der Waals surface area contributed by atoms with Crippen molar-refractivity contribution in [2.24, 2.45) is 0 Å². The summed E-state index contributed by atoms with van der Waals surface area (Å²) < 4.78 is 43.9. The number of hydrogen-bond acceptors (Lipinski definition) is 9. The summed E-state index contributed by atoms with van der Waals surface area (Å²) in [5.74, 6) is -0.450. The Morgan fingerprint density at radius 2 is 0.848 bits per heavy atom. The van der Waals surface area contributed by atoms with Crippen molar-refractivity contribution >= 4 is 28.6 Å². The molecular formula is C23H43IO9. The topological polar surface area (TPSA) is 90.9 Å². The zero-order valence-corrected chi connectivity index (χ0v) is 22.1. The van der Waals surface area contributed by atoms with E-state index < -0.39 is 5.97 Å². The lowest BCUT2D eigenvalue weighted by molar-refractivity contribution is -0.139. The van der Waals surface area contributed by atoms with Gasteiger partial charge in [-0.15, -0.1) is 0 Å². The van der Waals surface area contributed by atoms with Gasteiger partial charge < -0.3 is 37.9 Å². The van der Waals surface area contributed by atoms with Crippen LogP contribution in [0.3, 0.4) is 0 Å². The summed E-state index contributed by atoms with van der Waals surface area (Å²) in [6, 6.07) is 0. The SMILES string of the molecule is C=CC(=O)OCCOCCOCCOCCOCCOCCOCCOCCCCCCI. The van der Waals surface area contributed by atoms with E-state index in [1.54, 1.807) is 0 Å². The normalized spacial score (nSPS) is 11.1. The number of esters is 1. The minimum Gasteiger partial charge on any atom is -0.460 e. The third-order valence-corrected chi connectivity index (χ3v) is 4.81. The minimum atomic E-state index is -0.450. The summed E-state index contributed by atoms with van der Waals surface area (Å²) in [5, 5.41) is 0. The maximum absolute atomic E-state index is 10.8. The quantitative estimate of drug-likeness (QED) is 0.0449. The molecule has 0 heterocycles. The van der Waals surface area contributed by atoms with Crippen LogP contribution < -0.4 is 0 Å². The molecule has 0 unspecified atom stereocenters. The van der Waals surface area contributed by atoms with Gasteiger partial charge in [0.05, 0.1) is 85.9 Å². The molecule has 0 aromatic carbocycles. The largest absolute Gasteiger partial charge is 0.460 e. The third kappa shape index (κ3) is 29.6. The molecule has 33 heavy (non-hydrogen) atoms. The molecular weight excluding hydrogens is 547 g/mol. The smallest absolute Gasteiger partial charge is 0.330 e. The van der Waals surface area contributed by atoms with Crippen molar-refractivity contribution in [3.05, 3.63) is 12.7 Å². The van der Waals surface area contributed by atoms with Crippen LogP contribution in [0.5, 0.6) is 0 Å². The van der Waals surface area contributed by atoms with E-state index in [0.29, 0.717) is 85.9 Å². The van der Waals surface area contributed by atoms with E-state index in [9.17, 15) is 4.79 Å². The zero-order valence-electron chi connectivity index (χ0n) is 20.0. The van der Waals surface area contributed by atoms with Gasteiger partial charge in [0, 0.05) is 12.7 Å². The molecule has 0 amide bonds. The second-order valence-electron chi connectivity index (χ2n) is 6.76. The van der Waals surface area contributed by atoms with Gasteiger partial charge in [-0.25, -0.2) is 4.79 Å². The van der Waals surface area contributed by atoms with Gasteiger partial charge in [-0.2, -0.15) is 0 Å². The summed E-state index contributed by atoms with van der Waals surface area (Å²) in [5.41, 5.74) is 0. The van der Waals surface area contributed by atoms with Crippen LogP contribution in [0, 0.1) is 0 Å². The molecule has 0 radical (unpaired) electrons. The first kappa shape index (κ1) is 32.7. The van der Waals surface area contributed by atoms with Gasteiger partial charge in [0.25, 0.3) is 0 Å². The second kappa shape index (κ2) is 29.7. The van der Waals surface area contributed by atoms with Gasteiger partial charge in [-0.1, -0.05) is 42.0 Å². The molecule has 0 aromatic heterocycles. The molecule has 0 saturated heterocycles. The number of halogens is 1.